The Labute approximate surface area is 62.7 Å². The van der Waals surface area contributed by atoms with Crippen molar-refractivity contribution in [2.45, 2.75) is 13.3 Å². The molecule has 0 aliphatic heterocycles. The zero-order valence-corrected chi connectivity index (χ0v) is 6.26. The first-order valence-corrected chi connectivity index (χ1v) is 3.42. The predicted molar refractivity (Wildman–Crippen MR) is 38.0 cm³/mol. The normalized spacial score (nSPS) is 11.1. The van der Waals surface area contributed by atoms with E-state index >= 15 is 0 Å². The summed E-state index contributed by atoms with van der Waals surface area (Å²) >= 11 is 0. The van der Waals surface area contributed by atoms with Gasteiger partial charge in [0.2, 0.25) is 0 Å². The van der Waals surface area contributed by atoms with E-state index in [2.05, 4.69) is 0 Å². The summed E-state index contributed by atoms with van der Waals surface area (Å²) in [5.41, 5.74) is 0. The summed E-state index contributed by atoms with van der Waals surface area (Å²) in [6.45, 7) is 3.51. The highest BCUT2D eigenvalue weighted by Gasteiger charge is 1.85. The van der Waals surface area contributed by atoms with Crippen LogP contribution in [0.2, 0.25) is 0 Å². The molecule has 0 spiro atoms. The lowest BCUT2D eigenvalue weighted by Crippen LogP contribution is -2.05. The minimum absolute atomic E-state index is 0.129. The highest BCUT2D eigenvalue weighted by Crippen LogP contribution is 1.80. The van der Waals surface area contributed by atoms with Crippen LogP contribution < -0.4 is 0 Å². The maximum atomic E-state index is 10.0. The van der Waals surface area contributed by atoms with Crippen molar-refractivity contribution in [1.29, 1.82) is 0 Å². The van der Waals surface area contributed by atoms with E-state index in [9.17, 15) is 4.79 Å². The van der Waals surface area contributed by atoms with Crippen LogP contribution >= 0.6 is 0 Å². The molecule has 3 heteroatoms. The molecule has 60 valence electrons. The van der Waals surface area contributed by atoms with E-state index in [1.807, 2.05) is 6.92 Å². The van der Waals surface area contributed by atoms with Gasteiger partial charge in [-0.2, -0.15) is 0 Å². The van der Waals surface area contributed by atoms with E-state index in [1.165, 1.54) is 0 Å². The lowest BCUT2D eigenvalue weighted by atomic mass is 10.5. The summed E-state index contributed by atoms with van der Waals surface area (Å²) in [5, 5.41) is 0. The molecule has 0 saturated carbocycles. The van der Waals surface area contributed by atoms with E-state index in [1.54, 1.807) is 0 Å². The Morgan fingerprint density at radius 1 is 1.40 bits per heavy atom. The third-order valence-corrected chi connectivity index (χ3v) is 0.881. The molecular formula is C7H14O3. The SMILES string of the molecule is [2H]C(=O)COCCOCCC. The van der Waals surface area contributed by atoms with Gasteiger partial charge < -0.3 is 14.3 Å². The first-order valence-electron chi connectivity index (χ1n) is 3.92. The molecule has 0 atom stereocenters. The number of hydrogen-bond acceptors (Lipinski definition) is 3. The van der Waals surface area contributed by atoms with Crippen LogP contribution in [-0.2, 0) is 14.3 Å². The highest BCUT2D eigenvalue weighted by atomic mass is 16.5. The van der Waals surface area contributed by atoms with Crippen molar-refractivity contribution in [3.05, 3.63) is 0 Å². The zero-order valence-electron chi connectivity index (χ0n) is 7.26. The van der Waals surface area contributed by atoms with E-state index in [4.69, 9.17) is 10.8 Å². The molecule has 0 unspecified atom stereocenters. The average Bonchev–Trinajstić information content (AvgIpc) is 1.96. The van der Waals surface area contributed by atoms with Gasteiger partial charge in [-0.15, -0.1) is 0 Å². The molecule has 10 heavy (non-hydrogen) atoms. The second kappa shape index (κ2) is 8.59. The van der Waals surface area contributed by atoms with Gasteiger partial charge in [-0.25, -0.2) is 0 Å². The predicted octanol–water partition coefficient (Wildman–Crippen LogP) is 0.629. The average molecular weight is 147 g/mol. The van der Waals surface area contributed by atoms with Crippen LogP contribution in [0.3, 0.4) is 0 Å². The first kappa shape index (κ1) is 7.69. The third-order valence-electron chi connectivity index (χ3n) is 0.881. The van der Waals surface area contributed by atoms with E-state index in [0.717, 1.165) is 13.0 Å². The van der Waals surface area contributed by atoms with Gasteiger partial charge in [0.15, 0.2) is 0 Å². The third kappa shape index (κ3) is 7.59. The molecule has 0 aliphatic rings. The Hall–Kier alpha value is -0.410. The molecule has 3 nitrogen and oxygen atoms in total. The van der Waals surface area contributed by atoms with Crippen molar-refractivity contribution >= 4 is 6.26 Å². The summed E-state index contributed by atoms with van der Waals surface area (Å²) in [5.74, 6) is 0. The summed E-state index contributed by atoms with van der Waals surface area (Å²) in [6.07, 6.45) is 0.290. The van der Waals surface area contributed by atoms with Gasteiger partial charge >= 0.3 is 0 Å². The standard InChI is InChI=1S/C7H14O3/c1-2-4-9-6-7-10-5-3-8/h3H,2,4-7H2,1H3/i3D. The molecule has 0 radical (unpaired) electrons. The lowest BCUT2D eigenvalue weighted by molar-refractivity contribution is -0.112. The number of aldehydes is 1. The van der Waals surface area contributed by atoms with Gasteiger partial charge in [-0.1, -0.05) is 6.92 Å². The molecule has 0 amide bonds. The molecule has 0 saturated heterocycles. The molecule has 0 bridgehead atoms. The van der Waals surface area contributed by atoms with Gasteiger partial charge in [-0.3, -0.25) is 0 Å². The lowest BCUT2D eigenvalue weighted by Gasteiger charge is -2.00. The minimum atomic E-state index is -0.694. The van der Waals surface area contributed by atoms with E-state index in [0.29, 0.717) is 13.2 Å². The number of rotatable bonds is 7. The van der Waals surface area contributed by atoms with Crippen molar-refractivity contribution in [3.63, 3.8) is 0 Å². The Morgan fingerprint density at radius 2 is 2.10 bits per heavy atom. The Balaban J connectivity index is 2.85. The quantitative estimate of drug-likeness (QED) is 0.391. The molecular weight excluding hydrogens is 132 g/mol. The molecule has 0 aliphatic carbocycles. The highest BCUT2D eigenvalue weighted by molar-refractivity contribution is 5.50. The van der Waals surface area contributed by atoms with Crippen LogP contribution in [0.1, 0.15) is 14.7 Å². The van der Waals surface area contributed by atoms with Gasteiger partial charge in [0.1, 0.15) is 14.2 Å². The van der Waals surface area contributed by atoms with Crippen molar-refractivity contribution in [3.8, 4) is 0 Å². The van der Waals surface area contributed by atoms with Crippen molar-refractivity contribution < 1.29 is 15.6 Å². The van der Waals surface area contributed by atoms with Crippen molar-refractivity contribution in [2.75, 3.05) is 26.4 Å². The minimum Gasteiger partial charge on any atom is -0.379 e. The van der Waals surface area contributed by atoms with Gasteiger partial charge in [-0.05, 0) is 6.42 Å². The summed E-state index contributed by atoms with van der Waals surface area (Å²) in [7, 11) is 0. The van der Waals surface area contributed by atoms with Crippen molar-refractivity contribution in [2.24, 2.45) is 0 Å². The van der Waals surface area contributed by atoms with Crippen LogP contribution in [0.15, 0.2) is 0 Å². The molecule has 0 aromatic heterocycles. The second-order valence-electron chi connectivity index (χ2n) is 1.81. The monoisotopic (exact) mass is 147 g/mol. The van der Waals surface area contributed by atoms with Gasteiger partial charge in [0.05, 0.1) is 13.2 Å². The molecule has 0 aromatic rings. The van der Waals surface area contributed by atoms with E-state index in [-0.39, 0.29) is 6.61 Å². The van der Waals surface area contributed by atoms with Crippen LogP contribution in [0, 0.1) is 0 Å². The number of ether oxygens (including phenoxy) is 2. The fourth-order valence-corrected chi connectivity index (χ4v) is 0.478. The zero-order chi connectivity index (χ0) is 8.53. The second-order valence-corrected chi connectivity index (χ2v) is 1.81. The fraction of sp³-hybridized carbons (Fsp3) is 0.857. The van der Waals surface area contributed by atoms with Crippen LogP contribution in [0.4, 0.5) is 0 Å². The molecule has 0 heterocycles. The molecule has 0 rings (SSSR count). The maximum absolute atomic E-state index is 10.0. The summed E-state index contributed by atoms with van der Waals surface area (Å²) in [4.78, 5) is 10.0. The fourth-order valence-electron chi connectivity index (χ4n) is 0.478. The Kier molecular flexibility index (Phi) is 6.61. The molecule has 0 aromatic carbocycles. The largest absolute Gasteiger partial charge is 0.379 e. The van der Waals surface area contributed by atoms with Crippen LogP contribution in [-0.4, -0.2) is 32.7 Å². The summed E-state index contributed by atoms with van der Waals surface area (Å²) < 4.78 is 16.3. The smallest absolute Gasteiger partial charge is 0.145 e. The molecule has 0 fully saturated rings. The summed E-state index contributed by atoms with van der Waals surface area (Å²) in [6, 6.07) is 0. The molecule has 0 N–H and O–H groups in total. The number of hydrogen-bond donors (Lipinski definition) is 0. The maximum Gasteiger partial charge on any atom is 0.145 e. The Morgan fingerprint density at radius 3 is 2.70 bits per heavy atom. The number of carbonyl (C=O) groups excluding carboxylic acids is 1. The number of carbonyl (C=O) groups is 1. The van der Waals surface area contributed by atoms with Gasteiger partial charge in [0.25, 0.3) is 0 Å². The first-order chi connectivity index (χ1) is 5.27. The van der Waals surface area contributed by atoms with E-state index < -0.39 is 6.26 Å². The van der Waals surface area contributed by atoms with Crippen molar-refractivity contribution in [1.82, 2.24) is 0 Å². The van der Waals surface area contributed by atoms with Crippen LogP contribution in [0.25, 0.3) is 0 Å². The van der Waals surface area contributed by atoms with Gasteiger partial charge in [0, 0.05) is 6.61 Å². The Bertz CT molecular complexity index is 106. The van der Waals surface area contributed by atoms with Crippen LogP contribution in [0.5, 0.6) is 0 Å². The topological polar surface area (TPSA) is 35.5 Å².